The van der Waals surface area contributed by atoms with Crippen molar-refractivity contribution in [1.29, 1.82) is 0 Å². The average Bonchev–Trinajstić information content (AvgIpc) is 3.30. The van der Waals surface area contributed by atoms with E-state index in [1.54, 1.807) is 66.9 Å². The number of cyclic esters (lactones) is 1. The molecule has 1 saturated heterocycles. The van der Waals surface area contributed by atoms with E-state index in [4.69, 9.17) is 4.74 Å². The van der Waals surface area contributed by atoms with Crippen molar-refractivity contribution < 1.29 is 19.1 Å². The summed E-state index contributed by atoms with van der Waals surface area (Å²) in [6, 6.07) is 18.7. The second kappa shape index (κ2) is 7.81. The van der Waals surface area contributed by atoms with Gasteiger partial charge in [-0.1, -0.05) is 18.2 Å². The lowest BCUT2D eigenvalue weighted by atomic mass is 10.1. The van der Waals surface area contributed by atoms with Crippen LogP contribution in [-0.4, -0.2) is 46.6 Å². The number of carbonyl (C=O) groups excluding carboxylic acids is 3. The van der Waals surface area contributed by atoms with Gasteiger partial charge in [0.1, 0.15) is 6.10 Å². The zero-order chi connectivity index (χ0) is 22.2. The van der Waals surface area contributed by atoms with Gasteiger partial charge in [0.2, 0.25) is 0 Å². The van der Waals surface area contributed by atoms with Crippen molar-refractivity contribution in [3.05, 3.63) is 94.4 Å². The van der Waals surface area contributed by atoms with Crippen LogP contribution in [0.5, 0.6) is 0 Å². The minimum absolute atomic E-state index is 0.144. The number of ether oxygens (including phenoxy) is 1. The van der Waals surface area contributed by atoms with Crippen LogP contribution in [0, 0.1) is 0 Å². The minimum atomic E-state index is -0.484. The molecule has 3 heterocycles. The van der Waals surface area contributed by atoms with Crippen LogP contribution in [0.1, 0.15) is 27.1 Å². The summed E-state index contributed by atoms with van der Waals surface area (Å²) in [5.41, 5.74) is 1.99. The Bertz CT molecular complexity index is 1250. The van der Waals surface area contributed by atoms with Crippen LogP contribution >= 0.6 is 0 Å². The van der Waals surface area contributed by atoms with Gasteiger partial charge in [0.25, 0.3) is 17.4 Å². The van der Waals surface area contributed by atoms with E-state index in [0.717, 1.165) is 0 Å². The molecule has 5 rings (SSSR count). The van der Waals surface area contributed by atoms with Crippen LogP contribution in [-0.2, 0) is 4.74 Å². The molecule has 0 aliphatic carbocycles. The Kier molecular flexibility index (Phi) is 4.82. The molecule has 2 aliphatic rings. The normalized spacial score (nSPS) is 17.6. The fourth-order valence-electron chi connectivity index (χ4n) is 4.03. The molecule has 8 heteroatoms. The Morgan fingerprint density at radius 3 is 2.06 bits per heavy atom. The van der Waals surface area contributed by atoms with E-state index >= 15 is 0 Å². The largest absolute Gasteiger partial charge is 0.444 e. The molecule has 160 valence electrons. The van der Waals surface area contributed by atoms with E-state index in [1.807, 2.05) is 0 Å². The number of pyridine rings is 1. The molecule has 0 radical (unpaired) electrons. The summed E-state index contributed by atoms with van der Waals surface area (Å²) in [6.45, 7) is 0.487. The second-order valence-electron chi connectivity index (χ2n) is 7.64. The quantitative estimate of drug-likeness (QED) is 0.582. The molecular weight excluding hydrogens is 410 g/mol. The molecule has 0 bridgehead atoms. The summed E-state index contributed by atoms with van der Waals surface area (Å²) in [7, 11) is 0. The summed E-state index contributed by atoms with van der Waals surface area (Å²) in [5, 5.41) is 0. The highest BCUT2D eigenvalue weighted by atomic mass is 16.6. The van der Waals surface area contributed by atoms with Crippen molar-refractivity contribution in [3.63, 3.8) is 0 Å². The van der Waals surface area contributed by atoms with Crippen LogP contribution in [0.4, 0.5) is 10.5 Å². The fourth-order valence-corrected chi connectivity index (χ4v) is 4.03. The Hall–Kier alpha value is -4.20. The fraction of sp³-hybridized carbons (Fsp3) is 0.167. The first-order valence-corrected chi connectivity index (χ1v) is 10.2. The number of benzene rings is 2. The molecule has 1 atom stereocenters. The number of carbonyl (C=O) groups is 3. The number of rotatable bonds is 5. The number of fused-ring (bicyclic) bond motifs is 1. The van der Waals surface area contributed by atoms with Crippen molar-refractivity contribution in [2.45, 2.75) is 12.5 Å². The van der Waals surface area contributed by atoms with Crippen molar-refractivity contribution in [2.75, 3.05) is 18.0 Å². The molecule has 1 fully saturated rings. The van der Waals surface area contributed by atoms with E-state index in [9.17, 15) is 19.2 Å². The summed E-state index contributed by atoms with van der Waals surface area (Å²) < 4.78 is 6.96. The van der Waals surface area contributed by atoms with Crippen LogP contribution < -0.4 is 10.5 Å². The van der Waals surface area contributed by atoms with Gasteiger partial charge in [0, 0.05) is 36.6 Å². The molecule has 8 nitrogen and oxygen atoms in total. The molecule has 3 aromatic rings. The molecule has 0 unspecified atom stereocenters. The molecule has 0 N–H and O–H groups in total. The summed E-state index contributed by atoms with van der Waals surface area (Å²) in [4.78, 5) is 52.1. The number of aromatic nitrogens is 1. The zero-order valence-electron chi connectivity index (χ0n) is 17.0. The maximum atomic E-state index is 12.5. The second-order valence-corrected chi connectivity index (χ2v) is 7.64. The lowest BCUT2D eigenvalue weighted by Crippen LogP contribution is -2.33. The topological polar surface area (TPSA) is 88.9 Å². The van der Waals surface area contributed by atoms with Crippen LogP contribution in [0.3, 0.4) is 0 Å². The number of hydrogen-bond donors (Lipinski definition) is 0. The number of hydrogen-bond acceptors (Lipinski definition) is 5. The smallest absolute Gasteiger partial charge is 0.414 e. The first-order chi connectivity index (χ1) is 15.5. The number of anilines is 1. The third-order valence-corrected chi connectivity index (χ3v) is 5.69. The maximum absolute atomic E-state index is 12.5. The van der Waals surface area contributed by atoms with Crippen molar-refractivity contribution in [3.8, 4) is 5.69 Å². The number of nitrogens with zero attached hydrogens (tertiary/aromatic N) is 3. The highest BCUT2D eigenvalue weighted by Gasteiger charge is 2.37. The molecule has 3 amide bonds. The monoisotopic (exact) mass is 429 g/mol. The number of amides is 3. The van der Waals surface area contributed by atoms with Gasteiger partial charge < -0.3 is 4.74 Å². The molecule has 32 heavy (non-hydrogen) atoms. The third kappa shape index (κ3) is 3.35. The lowest BCUT2D eigenvalue weighted by molar-refractivity contribution is 0.0628. The molecule has 2 aliphatic heterocycles. The SMILES string of the molecule is O=C1c2ccccc2C(=O)N1CC[C@H]1CN(c2ccc(-n3ccccc3=O)cc2)C(=O)O1. The minimum Gasteiger partial charge on any atom is -0.444 e. The van der Waals surface area contributed by atoms with Gasteiger partial charge in [0.05, 0.1) is 17.7 Å². The summed E-state index contributed by atoms with van der Waals surface area (Å²) >= 11 is 0. The highest BCUT2D eigenvalue weighted by molar-refractivity contribution is 6.21. The Labute approximate surface area is 183 Å². The van der Waals surface area contributed by atoms with Gasteiger partial charge in [-0.3, -0.25) is 28.8 Å². The van der Waals surface area contributed by atoms with Gasteiger partial charge in [-0.05, 0) is 42.5 Å². The molecule has 1 aromatic heterocycles. The molecule has 0 spiro atoms. The molecule has 2 aromatic carbocycles. The van der Waals surface area contributed by atoms with E-state index in [1.165, 1.54) is 20.4 Å². The van der Waals surface area contributed by atoms with E-state index < -0.39 is 12.2 Å². The van der Waals surface area contributed by atoms with Gasteiger partial charge >= 0.3 is 6.09 Å². The molecule has 0 saturated carbocycles. The third-order valence-electron chi connectivity index (χ3n) is 5.69. The van der Waals surface area contributed by atoms with Crippen molar-refractivity contribution >= 4 is 23.6 Å². The summed E-state index contributed by atoms with van der Waals surface area (Å²) in [6.07, 6.45) is 1.10. The maximum Gasteiger partial charge on any atom is 0.414 e. The zero-order valence-corrected chi connectivity index (χ0v) is 17.0. The Balaban J connectivity index is 1.24. The average molecular weight is 429 g/mol. The van der Waals surface area contributed by atoms with E-state index in [0.29, 0.717) is 35.5 Å². The van der Waals surface area contributed by atoms with Crippen molar-refractivity contribution in [1.82, 2.24) is 9.47 Å². The first-order valence-electron chi connectivity index (χ1n) is 10.2. The predicted molar refractivity (Wildman–Crippen MR) is 116 cm³/mol. The lowest BCUT2D eigenvalue weighted by Gasteiger charge is -2.16. The van der Waals surface area contributed by atoms with Crippen LogP contribution in [0.15, 0.2) is 77.7 Å². The van der Waals surface area contributed by atoms with Gasteiger partial charge in [0.15, 0.2) is 0 Å². The summed E-state index contributed by atoms with van der Waals surface area (Å²) in [5.74, 6) is -0.642. The van der Waals surface area contributed by atoms with Gasteiger partial charge in [-0.25, -0.2) is 4.79 Å². The predicted octanol–water partition coefficient (Wildman–Crippen LogP) is 2.85. The van der Waals surface area contributed by atoms with Gasteiger partial charge in [-0.2, -0.15) is 0 Å². The van der Waals surface area contributed by atoms with Gasteiger partial charge in [-0.15, -0.1) is 0 Å². The standard InChI is InChI=1S/C24H19N3O5/c28-21-7-3-4-13-25(21)16-8-10-17(11-9-16)27-15-18(32-24(27)31)12-14-26-22(29)19-5-1-2-6-20(19)23(26)30/h1-11,13,18H,12,14-15H2/t18-/m0/s1. The van der Waals surface area contributed by atoms with Crippen LogP contribution in [0.2, 0.25) is 0 Å². The Morgan fingerprint density at radius 2 is 1.41 bits per heavy atom. The van der Waals surface area contributed by atoms with Crippen LogP contribution in [0.25, 0.3) is 5.69 Å². The first kappa shape index (κ1) is 19.7. The molecular formula is C24H19N3O5. The number of imide groups is 1. The van der Waals surface area contributed by atoms with Crippen molar-refractivity contribution in [2.24, 2.45) is 0 Å². The highest BCUT2D eigenvalue weighted by Crippen LogP contribution is 2.26. The Morgan fingerprint density at radius 1 is 0.781 bits per heavy atom. The van der Waals surface area contributed by atoms with E-state index in [2.05, 4.69) is 0 Å². The van der Waals surface area contributed by atoms with E-state index in [-0.39, 0.29) is 23.9 Å².